The standard InChI is InChI=1S/C20H30N2O3/c1-16-6-8-17(9-7-16)25-15-19(24)22-11-5-10-21(12-13-22)18(23)14-20(2,3)4/h6-9H,5,10-15H2,1-4H3. The number of benzene rings is 1. The van der Waals surface area contributed by atoms with E-state index in [1.807, 2.05) is 36.1 Å². The van der Waals surface area contributed by atoms with E-state index in [1.54, 1.807) is 4.90 Å². The lowest BCUT2D eigenvalue weighted by atomic mass is 9.91. The number of ether oxygens (including phenoxy) is 1. The summed E-state index contributed by atoms with van der Waals surface area (Å²) >= 11 is 0. The maximum Gasteiger partial charge on any atom is 0.260 e. The second-order valence-corrected chi connectivity index (χ2v) is 7.95. The average molecular weight is 346 g/mol. The van der Waals surface area contributed by atoms with Crippen LogP contribution in [0.25, 0.3) is 0 Å². The van der Waals surface area contributed by atoms with Crippen LogP contribution in [0.15, 0.2) is 24.3 Å². The van der Waals surface area contributed by atoms with Gasteiger partial charge < -0.3 is 14.5 Å². The molecule has 1 fully saturated rings. The zero-order chi connectivity index (χ0) is 18.4. The van der Waals surface area contributed by atoms with Gasteiger partial charge in [0.05, 0.1) is 0 Å². The fourth-order valence-electron chi connectivity index (χ4n) is 2.85. The maximum absolute atomic E-state index is 12.4. The summed E-state index contributed by atoms with van der Waals surface area (Å²) in [6.45, 7) is 10.8. The highest BCUT2D eigenvalue weighted by molar-refractivity contribution is 5.79. The van der Waals surface area contributed by atoms with Crippen LogP contribution >= 0.6 is 0 Å². The minimum atomic E-state index is -0.0225. The van der Waals surface area contributed by atoms with E-state index in [1.165, 1.54) is 0 Å². The molecule has 2 amide bonds. The third-order valence-electron chi connectivity index (χ3n) is 4.27. The first-order chi connectivity index (χ1) is 11.7. The first-order valence-electron chi connectivity index (χ1n) is 9.00. The van der Waals surface area contributed by atoms with Gasteiger partial charge >= 0.3 is 0 Å². The number of amides is 2. The second kappa shape index (κ2) is 8.37. The van der Waals surface area contributed by atoms with Gasteiger partial charge in [0, 0.05) is 32.6 Å². The molecule has 0 spiro atoms. The third-order valence-corrected chi connectivity index (χ3v) is 4.27. The van der Waals surface area contributed by atoms with Crippen LogP contribution in [0.5, 0.6) is 5.75 Å². The Morgan fingerprint density at radius 3 is 2.08 bits per heavy atom. The van der Waals surface area contributed by atoms with Crippen molar-refractivity contribution in [2.24, 2.45) is 5.41 Å². The molecular formula is C20H30N2O3. The summed E-state index contributed by atoms with van der Waals surface area (Å²) in [6, 6.07) is 7.67. The molecule has 1 aliphatic heterocycles. The zero-order valence-electron chi connectivity index (χ0n) is 15.9. The fourth-order valence-corrected chi connectivity index (χ4v) is 2.85. The largest absolute Gasteiger partial charge is 0.484 e. The van der Waals surface area contributed by atoms with Gasteiger partial charge in [-0.1, -0.05) is 38.5 Å². The summed E-state index contributed by atoms with van der Waals surface area (Å²) in [6.07, 6.45) is 1.35. The Hall–Kier alpha value is -2.04. The molecule has 0 bridgehead atoms. The molecule has 0 unspecified atom stereocenters. The molecule has 2 rings (SSSR count). The third kappa shape index (κ3) is 6.40. The molecule has 1 saturated heterocycles. The highest BCUT2D eigenvalue weighted by Gasteiger charge is 2.25. The summed E-state index contributed by atoms with van der Waals surface area (Å²) in [4.78, 5) is 28.5. The molecule has 1 aromatic carbocycles. The van der Waals surface area contributed by atoms with E-state index in [4.69, 9.17) is 4.74 Å². The van der Waals surface area contributed by atoms with Crippen LogP contribution in [-0.2, 0) is 9.59 Å². The minimum Gasteiger partial charge on any atom is -0.484 e. The Kier molecular flexibility index (Phi) is 6.45. The molecule has 0 aromatic heterocycles. The van der Waals surface area contributed by atoms with Gasteiger partial charge in [0.1, 0.15) is 5.75 Å². The molecule has 0 radical (unpaired) electrons. The van der Waals surface area contributed by atoms with Crippen molar-refractivity contribution in [1.29, 1.82) is 0 Å². The molecule has 5 nitrogen and oxygen atoms in total. The Balaban J connectivity index is 1.82. The molecule has 1 aliphatic rings. The number of nitrogens with zero attached hydrogens (tertiary/aromatic N) is 2. The first kappa shape index (κ1) is 19.3. The zero-order valence-corrected chi connectivity index (χ0v) is 15.9. The molecule has 0 aliphatic carbocycles. The number of hydrogen-bond acceptors (Lipinski definition) is 3. The van der Waals surface area contributed by atoms with Crippen LogP contribution in [0.1, 0.15) is 39.2 Å². The highest BCUT2D eigenvalue weighted by atomic mass is 16.5. The molecule has 1 heterocycles. The van der Waals surface area contributed by atoms with Crippen molar-refractivity contribution < 1.29 is 14.3 Å². The number of hydrogen-bond donors (Lipinski definition) is 0. The van der Waals surface area contributed by atoms with Crippen molar-refractivity contribution in [3.8, 4) is 5.75 Å². The van der Waals surface area contributed by atoms with Crippen LogP contribution in [0, 0.1) is 12.3 Å². The van der Waals surface area contributed by atoms with Gasteiger partial charge in [-0.05, 0) is 30.9 Å². The lowest BCUT2D eigenvalue weighted by Crippen LogP contribution is -2.39. The fraction of sp³-hybridized carbons (Fsp3) is 0.600. The highest BCUT2D eigenvalue weighted by Crippen LogP contribution is 2.20. The van der Waals surface area contributed by atoms with E-state index in [-0.39, 0.29) is 23.8 Å². The van der Waals surface area contributed by atoms with Crippen LogP contribution < -0.4 is 4.74 Å². The summed E-state index contributed by atoms with van der Waals surface area (Å²) in [5.74, 6) is 0.860. The number of rotatable bonds is 4. The molecular weight excluding hydrogens is 316 g/mol. The lowest BCUT2D eigenvalue weighted by molar-refractivity contribution is -0.135. The smallest absolute Gasteiger partial charge is 0.260 e. The van der Waals surface area contributed by atoms with E-state index in [9.17, 15) is 9.59 Å². The molecule has 25 heavy (non-hydrogen) atoms. The lowest BCUT2D eigenvalue weighted by Gasteiger charge is -2.25. The first-order valence-corrected chi connectivity index (χ1v) is 9.00. The van der Waals surface area contributed by atoms with E-state index in [2.05, 4.69) is 20.8 Å². The predicted molar refractivity (Wildman–Crippen MR) is 98.5 cm³/mol. The van der Waals surface area contributed by atoms with Crippen molar-refractivity contribution >= 4 is 11.8 Å². The van der Waals surface area contributed by atoms with Crippen LogP contribution in [-0.4, -0.2) is 54.4 Å². The van der Waals surface area contributed by atoms with Crippen molar-refractivity contribution in [2.75, 3.05) is 32.8 Å². The van der Waals surface area contributed by atoms with Gasteiger partial charge in [-0.25, -0.2) is 0 Å². The Bertz CT molecular complexity index is 590. The number of aryl methyl sites for hydroxylation is 1. The second-order valence-electron chi connectivity index (χ2n) is 7.95. The summed E-state index contributed by atoms with van der Waals surface area (Å²) in [7, 11) is 0. The summed E-state index contributed by atoms with van der Waals surface area (Å²) < 4.78 is 5.59. The van der Waals surface area contributed by atoms with Crippen molar-refractivity contribution in [3.63, 3.8) is 0 Å². The number of carbonyl (C=O) groups is 2. The summed E-state index contributed by atoms with van der Waals surface area (Å²) in [5.41, 5.74) is 1.15. The average Bonchev–Trinajstić information content (AvgIpc) is 2.78. The van der Waals surface area contributed by atoms with Crippen LogP contribution in [0.3, 0.4) is 0 Å². The van der Waals surface area contributed by atoms with Gasteiger partial charge in [-0.15, -0.1) is 0 Å². The molecule has 138 valence electrons. The van der Waals surface area contributed by atoms with E-state index >= 15 is 0 Å². The molecule has 0 atom stereocenters. The Morgan fingerprint density at radius 2 is 1.52 bits per heavy atom. The monoisotopic (exact) mass is 346 g/mol. The minimum absolute atomic E-state index is 0.0131. The van der Waals surface area contributed by atoms with E-state index in [0.29, 0.717) is 31.8 Å². The van der Waals surface area contributed by atoms with Gasteiger partial charge in [0.15, 0.2) is 6.61 Å². The molecule has 0 saturated carbocycles. The van der Waals surface area contributed by atoms with E-state index < -0.39 is 0 Å². The quantitative estimate of drug-likeness (QED) is 0.842. The maximum atomic E-state index is 12.4. The van der Waals surface area contributed by atoms with Crippen molar-refractivity contribution in [3.05, 3.63) is 29.8 Å². The Labute approximate surface area is 150 Å². The Morgan fingerprint density at radius 1 is 0.960 bits per heavy atom. The molecule has 5 heteroatoms. The molecule has 1 aromatic rings. The van der Waals surface area contributed by atoms with Gasteiger partial charge in [0.25, 0.3) is 5.91 Å². The van der Waals surface area contributed by atoms with Crippen molar-refractivity contribution in [1.82, 2.24) is 9.80 Å². The summed E-state index contributed by atoms with van der Waals surface area (Å²) in [5, 5.41) is 0. The SMILES string of the molecule is Cc1ccc(OCC(=O)N2CCCN(C(=O)CC(C)(C)C)CC2)cc1. The topological polar surface area (TPSA) is 49.9 Å². The van der Waals surface area contributed by atoms with Gasteiger partial charge in [0.2, 0.25) is 5.91 Å². The van der Waals surface area contributed by atoms with Crippen LogP contribution in [0.4, 0.5) is 0 Å². The van der Waals surface area contributed by atoms with Crippen molar-refractivity contribution in [2.45, 2.75) is 40.5 Å². The van der Waals surface area contributed by atoms with Crippen LogP contribution in [0.2, 0.25) is 0 Å². The number of carbonyl (C=O) groups excluding carboxylic acids is 2. The van der Waals surface area contributed by atoms with Gasteiger partial charge in [-0.2, -0.15) is 0 Å². The molecule has 0 N–H and O–H groups in total. The van der Waals surface area contributed by atoms with E-state index in [0.717, 1.165) is 18.5 Å². The normalized spacial score (nSPS) is 15.7. The predicted octanol–water partition coefficient (Wildman–Crippen LogP) is 2.87. The van der Waals surface area contributed by atoms with Gasteiger partial charge in [-0.3, -0.25) is 9.59 Å².